The van der Waals surface area contributed by atoms with Crippen LogP contribution in [0.25, 0.3) is 5.57 Å². The smallest absolute Gasteiger partial charge is 0.0300 e. The quantitative estimate of drug-likeness (QED) is 0.393. The average Bonchev–Trinajstić information content (AvgIpc) is 3.31. The predicted octanol–water partition coefficient (Wildman–Crippen LogP) is 9.64. The maximum atomic E-state index is 4.77. The van der Waals surface area contributed by atoms with Crippen LogP contribution in [0.3, 0.4) is 0 Å². The van der Waals surface area contributed by atoms with Crippen molar-refractivity contribution in [2.75, 3.05) is 0 Å². The van der Waals surface area contributed by atoms with Crippen LogP contribution in [-0.2, 0) is 0 Å². The van der Waals surface area contributed by atoms with Gasteiger partial charge in [-0.2, -0.15) is 0 Å². The Kier molecular flexibility index (Phi) is 6.01. The molecule has 0 amide bonds. The number of hydrogen-bond acceptors (Lipinski definition) is 0. The fourth-order valence-electron chi connectivity index (χ4n) is 6.77. The summed E-state index contributed by atoms with van der Waals surface area (Å²) in [5.41, 5.74) is 15.7. The van der Waals surface area contributed by atoms with Crippen LogP contribution in [0.2, 0.25) is 0 Å². The summed E-state index contributed by atoms with van der Waals surface area (Å²) in [5, 5.41) is 0. The Balaban J connectivity index is 1.68. The zero-order valence-electron chi connectivity index (χ0n) is 21.5. The normalized spacial score (nSPS) is 25.5. The second kappa shape index (κ2) is 9.00. The van der Waals surface area contributed by atoms with Gasteiger partial charge in [0.25, 0.3) is 0 Å². The van der Waals surface area contributed by atoms with Crippen molar-refractivity contribution in [2.45, 2.75) is 51.9 Å². The largest absolute Gasteiger partial charge is 0.0992 e. The second-order valence-corrected chi connectivity index (χ2v) is 10.5. The molecule has 35 heavy (non-hydrogen) atoms. The van der Waals surface area contributed by atoms with Gasteiger partial charge < -0.3 is 0 Å². The number of benzene rings is 2. The lowest BCUT2D eigenvalue weighted by molar-refractivity contribution is 0.619. The van der Waals surface area contributed by atoms with E-state index in [4.69, 9.17) is 6.58 Å². The Bertz CT molecular complexity index is 1350. The van der Waals surface area contributed by atoms with Gasteiger partial charge in [-0.15, -0.1) is 0 Å². The first-order valence-corrected chi connectivity index (χ1v) is 12.9. The topological polar surface area (TPSA) is 0 Å². The maximum absolute atomic E-state index is 4.77. The molecular weight excluding hydrogens is 420 g/mol. The monoisotopic (exact) mass is 456 g/mol. The van der Waals surface area contributed by atoms with Crippen LogP contribution >= 0.6 is 0 Å². The predicted molar refractivity (Wildman–Crippen MR) is 151 cm³/mol. The second-order valence-electron chi connectivity index (χ2n) is 10.5. The molecule has 2 aromatic carbocycles. The fraction of sp³-hybridized carbons (Fsp3) is 0.257. The molecule has 1 fully saturated rings. The van der Waals surface area contributed by atoms with Gasteiger partial charge in [-0.3, -0.25) is 0 Å². The van der Waals surface area contributed by atoms with E-state index < -0.39 is 0 Å². The van der Waals surface area contributed by atoms with Gasteiger partial charge in [-0.25, -0.2) is 0 Å². The molecule has 0 aliphatic heterocycles. The molecule has 0 heteroatoms. The van der Waals surface area contributed by atoms with E-state index in [2.05, 4.69) is 101 Å². The summed E-state index contributed by atoms with van der Waals surface area (Å²) in [4.78, 5) is 0. The molecule has 0 saturated heterocycles. The Hall–Kier alpha value is -3.38. The van der Waals surface area contributed by atoms with Gasteiger partial charge in [-0.1, -0.05) is 117 Å². The van der Waals surface area contributed by atoms with E-state index >= 15 is 0 Å². The van der Waals surface area contributed by atoms with Gasteiger partial charge in [0, 0.05) is 17.8 Å². The molecule has 3 aliphatic rings. The Morgan fingerprint density at radius 1 is 0.914 bits per heavy atom. The molecule has 0 radical (unpaired) electrons. The van der Waals surface area contributed by atoms with Crippen molar-refractivity contribution in [2.24, 2.45) is 5.92 Å². The average molecular weight is 457 g/mol. The maximum Gasteiger partial charge on any atom is 0.0300 e. The molecule has 176 valence electrons. The summed E-state index contributed by atoms with van der Waals surface area (Å²) >= 11 is 0. The van der Waals surface area contributed by atoms with E-state index in [1.807, 2.05) is 0 Å². The Morgan fingerprint density at radius 3 is 2.29 bits per heavy atom. The van der Waals surface area contributed by atoms with Crippen molar-refractivity contribution < 1.29 is 0 Å². The number of hydrogen-bond donors (Lipinski definition) is 0. The van der Waals surface area contributed by atoms with Crippen LogP contribution in [0.5, 0.6) is 0 Å². The van der Waals surface area contributed by atoms with E-state index in [1.165, 1.54) is 61.3 Å². The summed E-state index contributed by atoms with van der Waals surface area (Å²) in [7, 11) is 0. The molecule has 0 spiro atoms. The molecule has 1 saturated carbocycles. The fourth-order valence-corrected chi connectivity index (χ4v) is 6.77. The first-order chi connectivity index (χ1) is 16.8. The zero-order chi connectivity index (χ0) is 24.9. The minimum absolute atomic E-state index is 0.183. The number of rotatable bonds is 5. The van der Waals surface area contributed by atoms with E-state index in [0.29, 0.717) is 0 Å². The summed E-state index contributed by atoms with van der Waals surface area (Å²) < 4.78 is 0. The summed E-state index contributed by atoms with van der Waals surface area (Å²) in [5.74, 6) is 0.696. The van der Waals surface area contributed by atoms with Crippen LogP contribution in [0.15, 0.2) is 132 Å². The van der Waals surface area contributed by atoms with Crippen molar-refractivity contribution in [3.8, 4) is 0 Å². The molecule has 0 N–H and O–H groups in total. The highest BCUT2D eigenvalue weighted by atomic mass is 14.5. The number of allylic oxidation sites excluding steroid dienone is 10. The molecule has 3 aliphatic carbocycles. The minimum atomic E-state index is 0.183. The lowest BCUT2D eigenvalue weighted by atomic mass is 9.69. The van der Waals surface area contributed by atoms with Crippen LogP contribution in [-0.4, -0.2) is 0 Å². The van der Waals surface area contributed by atoms with Crippen LogP contribution in [0, 0.1) is 5.92 Å². The van der Waals surface area contributed by atoms with Crippen LogP contribution in [0.4, 0.5) is 0 Å². The van der Waals surface area contributed by atoms with Crippen molar-refractivity contribution in [1.29, 1.82) is 0 Å². The molecule has 2 aromatic rings. The molecule has 0 nitrogen and oxygen atoms in total. The Morgan fingerprint density at radius 2 is 1.60 bits per heavy atom. The summed E-state index contributed by atoms with van der Waals surface area (Å²) in [6.45, 7) is 24.9. The third-order valence-electron chi connectivity index (χ3n) is 8.11. The van der Waals surface area contributed by atoms with E-state index in [1.54, 1.807) is 0 Å². The lowest BCUT2D eigenvalue weighted by Gasteiger charge is -2.34. The van der Waals surface area contributed by atoms with Gasteiger partial charge in [0.2, 0.25) is 0 Å². The molecule has 0 bridgehead atoms. The first kappa shape index (κ1) is 23.4. The first-order valence-electron chi connectivity index (χ1n) is 12.9. The Labute approximate surface area is 211 Å². The van der Waals surface area contributed by atoms with Crippen molar-refractivity contribution in [1.82, 2.24) is 0 Å². The summed E-state index contributed by atoms with van der Waals surface area (Å²) in [6, 6.07) is 19.7. The van der Waals surface area contributed by atoms with Gasteiger partial charge in [-0.05, 0) is 76.8 Å². The van der Waals surface area contributed by atoms with Gasteiger partial charge in [0.1, 0.15) is 0 Å². The van der Waals surface area contributed by atoms with Crippen molar-refractivity contribution in [3.63, 3.8) is 0 Å². The molecule has 0 heterocycles. The van der Waals surface area contributed by atoms with E-state index in [0.717, 1.165) is 24.8 Å². The highest BCUT2D eigenvalue weighted by molar-refractivity contribution is 5.93. The van der Waals surface area contributed by atoms with Gasteiger partial charge in [0.15, 0.2) is 0 Å². The molecule has 3 atom stereocenters. The van der Waals surface area contributed by atoms with Crippen molar-refractivity contribution in [3.05, 3.63) is 148 Å². The molecule has 3 unspecified atom stereocenters. The molecule has 0 aromatic heterocycles. The highest BCUT2D eigenvalue weighted by Crippen LogP contribution is 2.59. The lowest BCUT2D eigenvalue weighted by Crippen LogP contribution is -2.21. The van der Waals surface area contributed by atoms with Gasteiger partial charge >= 0.3 is 0 Å². The molecule has 5 rings (SSSR count). The minimum Gasteiger partial charge on any atom is -0.0992 e. The third kappa shape index (κ3) is 3.67. The van der Waals surface area contributed by atoms with Crippen LogP contribution in [0.1, 0.15) is 68.6 Å². The molecular formula is C35H36. The van der Waals surface area contributed by atoms with Crippen molar-refractivity contribution >= 4 is 5.57 Å². The van der Waals surface area contributed by atoms with Gasteiger partial charge in [0.05, 0.1) is 0 Å². The van der Waals surface area contributed by atoms with E-state index in [-0.39, 0.29) is 17.8 Å². The zero-order valence-corrected chi connectivity index (χ0v) is 21.5. The summed E-state index contributed by atoms with van der Waals surface area (Å²) in [6.07, 6.45) is 5.49. The SMILES string of the molecule is C=C(CCC)C1=C(C)C=C2C/C(=C3\C(=C)C(C(=C)C)c4ccccc43)C(=C)C2C1c1ccccc1. The van der Waals surface area contributed by atoms with E-state index in [9.17, 15) is 0 Å². The van der Waals surface area contributed by atoms with Crippen LogP contribution < -0.4 is 0 Å². The standard InChI is InChI=1S/C35H36/c1-8-14-22(4)32-23(5)19-27-20-30(24(6)33(27)35(32)26-15-10-9-11-16-26)34-25(7)31(21(2)3)28-17-12-13-18-29(28)34/h9-13,15-19,31,33,35H,2,4,6-8,14,20H2,1,3,5H3/b34-30-. The number of fused-ring (bicyclic) bond motifs is 2. The third-order valence-corrected chi connectivity index (χ3v) is 8.11. The highest BCUT2D eigenvalue weighted by Gasteiger charge is 2.43.